The van der Waals surface area contributed by atoms with E-state index in [-0.39, 0.29) is 38.0 Å². The number of benzene rings is 3. The van der Waals surface area contributed by atoms with Crippen LogP contribution in [0.3, 0.4) is 0 Å². The Morgan fingerprint density at radius 3 is 2.16 bits per heavy atom. The molecule has 0 aromatic heterocycles. The molecule has 3 aromatic carbocycles. The van der Waals surface area contributed by atoms with E-state index in [2.05, 4.69) is 26.8 Å². The molecule has 2 atom stereocenters. The second-order valence-corrected chi connectivity index (χ2v) is 13.5. The number of rotatable bonds is 13. The average Bonchev–Trinajstić information content (AvgIpc) is 3.43. The van der Waals surface area contributed by atoms with Gasteiger partial charge in [0.15, 0.2) is 11.6 Å². The first kappa shape index (κ1) is 39.6. The Labute approximate surface area is 298 Å². The number of hydrogen-bond acceptors (Lipinski definition) is 8. The summed E-state index contributed by atoms with van der Waals surface area (Å²) in [7, 11) is 0. The molecular formula is C35H36BrF6N3O6. The molecule has 1 heterocycles. The monoisotopic (exact) mass is 787 g/mol. The zero-order valence-corrected chi connectivity index (χ0v) is 29.3. The molecule has 276 valence electrons. The van der Waals surface area contributed by atoms with Crippen LogP contribution in [0.25, 0.3) is 0 Å². The number of carbonyl (C=O) groups excluding carboxylic acids is 2. The summed E-state index contributed by atoms with van der Waals surface area (Å²) in [6.07, 6.45) is -11.4. The van der Waals surface area contributed by atoms with Gasteiger partial charge in [-0.15, -0.1) is 0 Å². The maximum atomic E-state index is 14.3. The summed E-state index contributed by atoms with van der Waals surface area (Å²) in [5.41, 5.74) is -0.447. The van der Waals surface area contributed by atoms with E-state index in [0.29, 0.717) is 39.9 Å². The number of halogens is 7. The van der Waals surface area contributed by atoms with Gasteiger partial charge >= 0.3 is 18.3 Å². The number of nitrogens with one attached hydrogen (secondary N) is 2. The molecule has 0 radical (unpaired) electrons. The predicted molar refractivity (Wildman–Crippen MR) is 177 cm³/mol. The van der Waals surface area contributed by atoms with Gasteiger partial charge in [0.2, 0.25) is 5.90 Å². The number of amides is 1. The van der Waals surface area contributed by atoms with E-state index in [1.54, 1.807) is 69.3 Å². The summed E-state index contributed by atoms with van der Waals surface area (Å²) in [5.74, 6) is -1.02. The first-order valence-corrected chi connectivity index (χ1v) is 16.5. The standard InChI is InChI=1S/C35H36BrF6N3O6/c1-32(2,3)51-28(47)13-14-33(31(48)45-43-20-21-17-23(34(37,38)39)19-24(18-21)35(40,41)42)29(26-7-4-5-8-27(26)36)50-30(44-33)22-9-11-25(12-10-22)49-16-6-15-46/h4-5,7-12,17-19,29,43,46H,6,13-16,20H2,1-3H3,(H,45,48)/t29-,33-/m0/s1. The summed E-state index contributed by atoms with van der Waals surface area (Å²) >= 11 is 3.48. The number of esters is 1. The smallest absolute Gasteiger partial charge is 0.416 e. The van der Waals surface area contributed by atoms with E-state index in [1.807, 2.05) is 0 Å². The quantitative estimate of drug-likeness (QED) is 0.0713. The molecule has 0 fully saturated rings. The fourth-order valence-electron chi connectivity index (χ4n) is 5.18. The number of aliphatic hydroxyl groups is 1. The number of aliphatic hydroxyl groups excluding tert-OH is 1. The molecule has 16 heteroatoms. The maximum absolute atomic E-state index is 14.3. The Bertz CT molecular complexity index is 1690. The van der Waals surface area contributed by atoms with Gasteiger partial charge in [-0.05, 0) is 81.3 Å². The largest absolute Gasteiger partial charge is 0.494 e. The lowest BCUT2D eigenvalue weighted by Crippen LogP contribution is -2.52. The highest BCUT2D eigenvalue weighted by Crippen LogP contribution is 2.45. The van der Waals surface area contributed by atoms with Gasteiger partial charge in [-0.3, -0.25) is 15.0 Å². The third-order valence-corrected chi connectivity index (χ3v) is 8.21. The predicted octanol–water partition coefficient (Wildman–Crippen LogP) is 7.45. The molecule has 9 nitrogen and oxygen atoms in total. The molecule has 0 saturated heterocycles. The zero-order valence-electron chi connectivity index (χ0n) is 27.8. The molecule has 4 rings (SSSR count). The molecule has 3 N–H and O–H groups in total. The van der Waals surface area contributed by atoms with Gasteiger partial charge in [0, 0.05) is 41.6 Å². The summed E-state index contributed by atoms with van der Waals surface area (Å²) in [4.78, 5) is 31.9. The Morgan fingerprint density at radius 2 is 1.59 bits per heavy atom. The van der Waals surface area contributed by atoms with Crippen molar-refractivity contribution in [3.05, 3.63) is 99.0 Å². The van der Waals surface area contributed by atoms with E-state index in [0.717, 1.165) is 0 Å². The van der Waals surface area contributed by atoms with Gasteiger partial charge in [-0.25, -0.2) is 10.4 Å². The molecular weight excluding hydrogens is 752 g/mol. The summed E-state index contributed by atoms with van der Waals surface area (Å²) in [5, 5.41) is 9.03. The lowest BCUT2D eigenvalue weighted by Gasteiger charge is -2.31. The van der Waals surface area contributed by atoms with Crippen LogP contribution in [0.2, 0.25) is 0 Å². The average molecular weight is 789 g/mol. The molecule has 51 heavy (non-hydrogen) atoms. The lowest BCUT2D eigenvalue weighted by atomic mass is 9.83. The van der Waals surface area contributed by atoms with Crippen molar-refractivity contribution in [3.8, 4) is 5.75 Å². The Kier molecular flexibility index (Phi) is 12.5. The van der Waals surface area contributed by atoms with Crippen LogP contribution in [0.5, 0.6) is 5.75 Å². The van der Waals surface area contributed by atoms with Crippen LogP contribution in [-0.2, 0) is 38.0 Å². The zero-order chi connectivity index (χ0) is 37.6. The fraction of sp³-hybridized carbons (Fsp3) is 0.400. The SMILES string of the molecule is CC(C)(C)OC(=O)CC[C@]1(C(=O)NNCc2cc(C(F)(F)F)cc(C(F)(F)F)c2)N=C(c2ccc(OCCCO)cc2)O[C@H]1c1ccccc1Br. The molecule has 0 spiro atoms. The van der Waals surface area contributed by atoms with Gasteiger partial charge in [0.1, 0.15) is 11.4 Å². The molecule has 0 aliphatic carbocycles. The molecule has 1 aliphatic heterocycles. The van der Waals surface area contributed by atoms with Crippen molar-refractivity contribution in [1.82, 2.24) is 10.9 Å². The molecule has 0 saturated carbocycles. The number of hydrogen-bond donors (Lipinski definition) is 3. The van der Waals surface area contributed by atoms with Crippen molar-refractivity contribution in [2.75, 3.05) is 13.2 Å². The van der Waals surface area contributed by atoms with E-state index in [1.165, 1.54) is 0 Å². The van der Waals surface area contributed by atoms with Crippen LogP contribution in [0, 0.1) is 0 Å². The van der Waals surface area contributed by atoms with Crippen molar-refractivity contribution in [2.24, 2.45) is 4.99 Å². The topological polar surface area (TPSA) is 118 Å². The molecule has 1 amide bonds. The van der Waals surface area contributed by atoms with Crippen molar-refractivity contribution >= 4 is 33.7 Å². The van der Waals surface area contributed by atoms with Gasteiger partial charge in [0.25, 0.3) is 5.91 Å². The second kappa shape index (κ2) is 16.0. The van der Waals surface area contributed by atoms with E-state index in [9.17, 15) is 35.9 Å². The van der Waals surface area contributed by atoms with Crippen molar-refractivity contribution in [2.45, 2.75) is 76.2 Å². The van der Waals surface area contributed by atoms with Crippen molar-refractivity contribution in [3.63, 3.8) is 0 Å². The minimum atomic E-state index is -5.06. The normalized spacial score (nSPS) is 17.8. The fourth-order valence-corrected chi connectivity index (χ4v) is 5.67. The highest BCUT2D eigenvalue weighted by Gasteiger charge is 2.54. The highest BCUT2D eigenvalue weighted by atomic mass is 79.9. The van der Waals surface area contributed by atoms with Gasteiger partial charge in [0.05, 0.1) is 17.7 Å². The number of carbonyl (C=O) groups is 2. The molecule has 0 bridgehead atoms. The Morgan fingerprint density at radius 1 is 0.961 bits per heavy atom. The lowest BCUT2D eigenvalue weighted by molar-refractivity contribution is -0.155. The minimum Gasteiger partial charge on any atom is -0.494 e. The van der Waals surface area contributed by atoms with E-state index >= 15 is 0 Å². The van der Waals surface area contributed by atoms with E-state index in [4.69, 9.17) is 24.3 Å². The molecule has 3 aromatic rings. The number of nitrogens with zero attached hydrogens (tertiary/aromatic N) is 1. The Hall–Kier alpha value is -4.15. The van der Waals surface area contributed by atoms with Crippen LogP contribution < -0.4 is 15.6 Å². The number of ether oxygens (including phenoxy) is 3. The third-order valence-electron chi connectivity index (χ3n) is 7.49. The van der Waals surface area contributed by atoms with Gasteiger partial charge in [-0.2, -0.15) is 26.3 Å². The third kappa shape index (κ3) is 10.5. The minimum absolute atomic E-state index is 0.00988. The number of alkyl halides is 6. The van der Waals surface area contributed by atoms with Crippen molar-refractivity contribution in [1.29, 1.82) is 0 Å². The van der Waals surface area contributed by atoms with Crippen molar-refractivity contribution < 1.29 is 55.2 Å². The van der Waals surface area contributed by atoms with Crippen LogP contribution in [0.1, 0.15) is 74.0 Å². The number of hydrazine groups is 1. The van der Waals surface area contributed by atoms with Gasteiger partial charge in [-0.1, -0.05) is 34.1 Å². The first-order valence-electron chi connectivity index (χ1n) is 15.7. The summed E-state index contributed by atoms with van der Waals surface area (Å²) < 4.78 is 98.7. The summed E-state index contributed by atoms with van der Waals surface area (Å²) in [6, 6.07) is 14.4. The Balaban J connectivity index is 1.72. The van der Waals surface area contributed by atoms with Crippen LogP contribution >= 0.6 is 15.9 Å². The number of aliphatic imine (C=N–C) groups is 1. The first-order chi connectivity index (χ1) is 23.8. The summed E-state index contributed by atoms with van der Waals surface area (Å²) in [6.45, 7) is 4.62. The van der Waals surface area contributed by atoms with Crippen LogP contribution in [0.4, 0.5) is 26.3 Å². The van der Waals surface area contributed by atoms with Crippen LogP contribution in [-0.4, -0.2) is 47.2 Å². The molecule has 0 unspecified atom stereocenters. The van der Waals surface area contributed by atoms with Gasteiger partial charge < -0.3 is 19.3 Å². The molecule has 1 aliphatic rings. The highest BCUT2D eigenvalue weighted by molar-refractivity contribution is 9.10. The maximum Gasteiger partial charge on any atom is 0.416 e. The second-order valence-electron chi connectivity index (χ2n) is 12.6. The van der Waals surface area contributed by atoms with Crippen LogP contribution in [0.15, 0.2) is 76.2 Å². The van der Waals surface area contributed by atoms with E-state index < -0.39 is 64.7 Å².